The summed E-state index contributed by atoms with van der Waals surface area (Å²) in [6, 6.07) is 26.5. The topological polar surface area (TPSA) is 43.1 Å². The molecule has 0 aromatic heterocycles. The molecule has 4 heteroatoms. The van der Waals surface area contributed by atoms with Gasteiger partial charge in [0.1, 0.15) is 0 Å². The molecule has 4 rings (SSSR count). The number of aryl methyl sites for hydroxylation is 1. The molecule has 0 bridgehead atoms. The van der Waals surface area contributed by atoms with Crippen molar-refractivity contribution in [2.75, 3.05) is 0 Å². The van der Waals surface area contributed by atoms with Crippen LogP contribution in [0.5, 0.6) is 0 Å². The first-order chi connectivity index (χ1) is 15.5. The minimum Gasteiger partial charge on any atom is -0.258 e. The first-order valence-corrected chi connectivity index (χ1v) is 12.1. The monoisotopic (exact) mass is 443 g/mol. The summed E-state index contributed by atoms with van der Waals surface area (Å²) in [6.45, 7) is 2.14. The van der Waals surface area contributed by atoms with Gasteiger partial charge in [-0.05, 0) is 80.3 Å². The van der Waals surface area contributed by atoms with Gasteiger partial charge < -0.3 is 0 Å². The fourth-order valence-corrected chi connectivity index (χ4v) is 5.84. The molecule has 2 atom stereocenters. The summed E-state index contributed by atoms with van der Waals surface area (Å²) in [5, 5.41) is 10.8. The van der Waals surface area contributed by atoms with Crippen LogP contribution in [0.25, 0.3) is 6.08 Å². The summed E-state index contributed by atoms with van der Waals surface area (Å²) in [6.07, 6.45) is 10.1. The van der Waals surface area contributed by atoms with Crippen molar-refractivity contribution in [3.63, 3.8) is 0 Å². The Bertz CT molecular complexity index is 1060. The maximum Gasteiger partial charge on any atom is 0.269 e. The molecule has 0 radical (unpaired) electrons. The maximum absolute atomic E-state index is 10.8. The van der Waals surface area contributed by atoms with Gasteiger partial charge in [0.25, 0.3) is 5.69 Å². The number of rotatable bonds is 10. The molecule has 0 N–H and O–H groups in total. The summed E-state index contributed by atoms with van der Waals surface area (Å²) in [5.41, 5.74) is 3.87. The molecule has 164 valence electrons. The second-order valence-electron chi connectivity index (χ2n) is 8.73. The predicted molar refractivity (Wildman–Crippen MR) is 134 cm³/mol. The molecule has 0 saturated heterocycles. The van der Waals surface area contributed by atoms with Crippen LogP contribution in [0.4, 0.5) is 5.69 Å². The molecule has 0 spiro atoms. The highest BCUT2D eigenvalue weighted by Crippen LogP contribution is 2.60. The van der Waals surface area contributed by atoms with Crippen LogP contribution in [0, 0.1) is 23.0 Å². The Morgan fingerprint density at radius 2 is 1.75 bits per heavy atom. The first-order valence-electron chi connectivity index (χ1n) is 11.2. The summed E-state index contributed by atoms with van der Waals surface area (Å²) < 4.78 is 0.304. The highest BCUT2D eigenvalue weighted by atomic mass is 32.2. The minimum atomic E-state index is -0.362. The number of hydrogen-bond donors (Lipinski definition) is 0. The Hall–Kier alpha value is -2.85. The molecule has 0 unspecified atom stereocenters. The second-order valence-corrected chi connectivity index (χ2v) is 10.2. The number of hydrogen-bond acceptors (Lipinski definition) is 3. The van der Waals surface area contributed by atoms with E-state index in [9.17, 15) is 10.1 Å². The van der Waals surface area contributed by atoms with Crippen LogP contribution >= 0.6 is 11.8 Å². The third-order valence-corrected chi connectivity index (χ3v) is 7.76. The Kier molecular flexibility index (Phi) is 7.11. The molecule has 3 nitrogen and oxygen atoms in total. The quantitative estimate of drug-likeness (QED) is 0.182. The summed E-state index contributed by atoms with van der Waals surface area (Å²) in [4.78, 5) is 11.8. The van der Waals surface area contributed by atoms with Crippen LogP contribution < -0.4 is 0 Å². The number of unbranched alkanes of at least 4 members (excludes halogenated alkanes) is 1. The molecule has 1 saturated carbocycles. The number of nitrogens with zero attached hydrogens (tertiary/aromatic N) is 1. The van der Waals surface area contributed by atoms with E-state index in [2.05, 4.69) is 85.4 Å². The van der Waals surface area contributed by atoms with Gasteiger partial charge in [0.2, 0.25) is 0 Å². The molecule has 0 aliphatic heterocycles. The molecular weight excluding hydrogens is 414 g/mol. The maximum atomic E-state index is 10.8. The lowest BCUT2D eigenvalue weighted by Crippen LogP contribution is -2.11. The molecule has 1 aliphatic rings. The van der Waals surface area contributed by atoms with Crippen molar-refractivity contribution in [2.24, 2.45) is 5.92 Å². The van der Waals surface area contributed by atoms with Gasteiger partial charge in [-0.1, -0.05) is 60.2 Å². The summed E-state index contributed by atoms with van der Waals surface area (Å²) in [7, 11) is 0. The molecule has 1 aliphatic carbocycles. The molecule has 3 aromatic rings. The van der Waals surface area contributed by atoms with E-state index in [1.165, 1.54) is 35.3 Å². The lowest BCUT2D eigenvalue weighted by Gasteiger charge is -2.18. The van der Waals surface area contributed by atoms with Crippen LogP contribution in [0.2, 0.25) is 0 Å². The van der Waals surface area contributed by atoms with Crippen molar-refractivity contribution >= 4 is 23.5 Å². The van der Waals surface area contributed by atoms with Crippen molar-refractivity contribution < 1.29 is 4.92 Å². The predicted octanol–water partition coefficient (Wildman–Crippen LogP) is 7.88. The smallest absolute Gasteiger partial charge is 0.258 e. The van der Waals surface area contributed by atoms with Gasteiger partial charge in [-0.2, -0.15) is 0 Å². The molecule has 1 fully saturated rings. The fraction of sp³-hybridized carbons (Fsp3) is 0.286. The number of benzene rings is 3. The summed E-state index contributed by atoms with van der Waals surface area (Å²) >= 11 is 2.06. The van der Waals surface area contributed by atoms with E-state index in [4.69, 9.17) is 0 Å². The zero-order valence-corrected chi connectivity index (χ0v) is 19.3. The average molecular weight is 444 g/mol. The van der Waals surface area contributed by atoms with Gasteiger partial charge in [-0.25, -0.2) is 0 Å². The van der Waals surface area contributed by atoms with E-state index in [1.54, 1.807) is 24.3 Å². The molecule has 3 aromatic carbocycles. The average Bonchev–Trinajstić information content (AvgIpc) is 3.47. The SMILES string of the molecule is Cc1ccc(S[C@@]2(Cc3ccccc3)C[C@@H]2CCC/C=C/c2ccc([N+](=O)[O-])cc2)cc1. The van der Waals surface area contributed by atoms with Crippen molar-refractivity contribution in [3.8, 4) is 0 Å². The normalized spacial score (nSPS) is 19.8. The van der Waals surface area contributed by atoms with Crippen molar-refractivity contribution in [2.45, 2.75) is 48.7 Å². The zero-order valence-electron chi connectivity index (χ0n) is 18.4. The van der Waals surface area contributed by atoms with Crippen LogP contribution in [-0.4, -0.2) is 9.67 Å². The highest BCUT2D eigenvalue weighted by molar-refractivity contribution is 8.01. The van der Waals surface area contributed by atoms with Crippen molar-refractivity contribution in [1.82, 2.24) is 0 Å². The number of thioether (sulfide) groups is 1. The molecule has 0 heterocycles. The van der Waals surface area contributed by atoms with Gasteiger partial charge in [0, 0.05) is 21.8 Å². The standard InChI is InChI=1S/C28H29NO2S/c1-22-12-18-27(19-13-22)32-28(20-24-9-5-2-6-10-24)21-25(28)11-7-3-4-8-23-14-16-26(17-15-23)29(30)31/h2,4-6,8-10,12-19,25H,3,7,11,20-21H2,1H3/b8-4+/t25-,28-/m0/s1. The fourth-order valence-electron chi connectivity index (χ4n) is 4.29. The van der Waals surface area contributed by atoms with Crippen LogP contribution in [0.3, 0.4) is 0 Å². The Morgan fingerprint density at radius 1 is 1.03 bits per heavy atom. The van der Waals surface area contributed by atoms with E-state index in [0.717, 1.165) is 24.3 Å². The van der Waals surface area contributed by atoms with Gasteiger partial charge in [-0.3, -0.25) is 10.1 Å². The Morgan fingerprint density at radius 3 is 2.44 bits per heavy atom. The van der Waals surface area contributed by atoms with Crippen LogP contribution in [-0.2, 0) is 6.42 Å². The number of non-ortho nitro benzene ring substituents is 1. The zero-order chi connectivity index (χ0) is 22.4. The van der Waals surface area contributed by atoms with Crippen molar-refractivity contribution in [1.29, 1.82) is 0 Å². The third kappa shape index (κ3) is 5.89. The Labute approximate surface area is 194 Å². The van der Waals surface area contributed by atoms with E-state index in [0.29, 0.717) is 4.75 Å². The molecular formula is C28H29NO2S. The lowest BCUT2D eigenvalue weighted by atomic mass is 10.0. The van der Waals surface area contributed by atoms with Gasteiger partial charge >= 0.3 is 0 Å². The van der Waals surface area contributed by atoms with Gasteiger partial charge in [0.05, 0.1) is 4.92 Å². The first kappa shape index (κ1) is 22.3. The largest absolute Gasteiger partial charge is 0.269 e. The molecule has 32 heavy (non-hydrogen) atoms. The van der Waals surface area contributed by atoms with Crippen molar-refractivity contribution in [3.05, 3.63) is 112 Å². The third-order valence-electron chi connectivity index (χ3n) is 6.20. The number of allylic oxidation sites excluding steroid dienone is 1. The van der Waals surface area contributed by atoms with Crippen LogP contribution in [0.15, 0.2) is 89.8 Å². The second kappa shape index (κ2) is 10.2. The lowest BCUT2D eigenvalue weighted by molar-refractivity contribution is -0.384. The summed E-state index contributed by atoms with van der Waals surface area (Å²) in [5.74, 6) is 0.738. The highest BCUT2D eigenvalue weighted by Gasteiger charge is 2.53. The number of nitro benzene ring substituents is 1. The minimum absolute atomic E-state index is 0.136. The van der Waals surface area contributed by atoms with Gasteiger partial charge in [-0.15, -0.1) is 11.8 Å². The van der Waals surface area contributed by atoms with E-state index < -0.39 is 0 Å². The van der Waals surface area contributed by atoms with Crippen LogP contribution in [0.1, 0.15) is 42.4 Å². The number of nitro groups is 1. The van der Waals surface area contributed by atoms with E-state index >= 15 is 0 Å². The Balaban J connectivity index is 1.32. The van der Waals surface area contributed by atoms with E-state index in [1.807, 2.05) is 0 Å². The van der Waals surface area contributed by atoms with E-state index in [-0.39, 0.29) is 10.6 Å². The van der Waals surface area contributed by atoms with Gasteiger partial charge in [0.15, 0.2) is 0 Å². The molecule has 0 amide bonds.